The lowest BCUT2D eigenvalue weighted by atomic mass is 9.96. The fourth-order valence-electron chi connectivity index (χ4n) is 0.956. The van der Waals surface area contributed by atoms with E-state index in [0.29, 0.717) is 13.2 Å². The van der Waals surface area contributed by atoms with Crippen molar-refractivity contribution in [1.29, 1.82) is 0 Å². The first-order valence-corrected chi connectivity index (χ1v) is 4.87. The Balaban J connectivity index is -0.000000845. The van der Waals surface area contributed by atoms with Gasteiger partial charge in [-0.1, -0.05) is 28.7 Å². The Morgan fingerprint density at radius 1 is 0.875 bits per heavy atom. The van der Waals surface area contributed by atoms with Crippen molar-refractivity contribution >= 4 is 11.9 Å². The molecule has 2 unspecified atom stereocenters. The smallest absolute Gasteiger partial charge is 0.309 e. The van der Waals surface area contributed by atoms with Gasteiger partial charge in [0.15, 0.2) is 0 Å². The van der Waals surface area contributed by atoms with Crippen LogP contribution < -0.4 is 0 Å². The van der Waals surface area contributed by atoms with Crippen LogP contribution in [0.1, 0.15) is 42.5 Å². The summed E-state index contributed by atoms with van der Waals surface area (Å²) < 4.78 is 9.61. The van der Waals surface area contributed by atoms with Crippen LogP contribution in [0.25, 0.3) is 0 Å². The standard InChI is InChI=1S/C10H18O4.2CH4/c1-5-13-9(11)7(3)8(4)10(12)14-6-2;;/h7-8H,5-6H2,1-4H3;2*1H4. The normalized spacial score (nSPS) is 12.5. The van der Waals surface area contributed by atoms with Crippen LogP contribution in [0.3, 0.4) is 0 Å². The lowest BCUT2D eigenvalue weighted by Crippen LogP contribution is -2.28. The molecule has 0 aromatic rings. The summed E-state index contributed by atoms with van der Waals surface area (Å²) in [6.45, 7) is 7.47. The third kappa shape index (κ3) is 6.43. The van der Waals surface area contributed by atoms with E-state index in [1.807, 2.05) is 0 Å². The maximum atomic E-state index is 11.3. The highest BCUT2D eigenvalue weighted by Gasteiger charge is 2.27. The van der Waals surface area contributed by atoms with Gasteiger partial charge in [0.1, 0.15) is 0 Å². The van der Waals surface area contributed by atoms with Gasteiger partial charge < -0.3 is 9.47 Å². The molecule has 16 heavy (non-hydrogen) atoms. The highest BCUT2D eigenvalue weighted by Crippen LogP contribution is 2.14. The highest BCUT2D eigenvalue weighted by atomic mass is 16.5. The molecule has 0 aliphatic carbocycles. The second kappa shape index (κ2) is 10.5. The van der Waals surface area contributed by atoms with Crippen LogP contribution in [0.15, 0.2) is 0 Å². The van der Waals surface area contributed by atoms with Gasteiger partial charge in [-0.25, -0.2) is 0 Å². The molecule has 0 aromatic carbocycles. The number of ether oxygens (including phenoxy) is 2. The Bertz CT molecular complexity index is 179. The van der Waals surface area contributed by atoms with E-state index in [1.165, 1.54) is 0 Å². The van der Waals surface area contributed by atoms with Crippen LogP contribution in [0.4, 0.5) is 0 Å². The van der Waals surface area contributed by atoms with E-state index in [0.717, 1.165) is 0 Å². The summed E-state index contributed by atoms with van der Waals surface area (Å²) in [5.74, 6) is -1.61. The first-order chi connectivity index (χ1) is 6.54. The molecule has 0 heterocycles. The summed E-state index contributed by atoms with van der Waals surface area (Å²) in [5, 5.41) is 0. The van der Waals surface area contributed by atoms with Crippen LogP contribution >= 0.6 is 0 Å². The molecule has 2 atom stereocenters. The Morgan fingerprint density at radius 2 is 1.12 bits per heavy atom. The number of carbonyl (C=O) groups is 2. The summed E-state index contributed by atoms with van der Waals surface area (Å²) in [7, 11) is 0. The van der Waals surface area contributed by atoms with Crippen LogP contribution in [0.2, 0.25) is 0 Å². The van der Waals surface area contributed by atoms with Crippen molar-refractivity contribution in [3.63, 3.8) is 0 Å². The molecule has 4 nitrogen and oxygen atoms in total. The number of carbonyl (C=O) groups excluding carboxylic acids is 2. The van der Waals surface area contributed by atoms with Crippen LogP contribution in [-0.2, 0) is 19.1 Å². The van der Waals surface area contributed by atoms with Gasteiger partial charge in [0.2, 0.25) is 0 Å². The van der Waals surface area contributed by atoms with Gasteiger partial charge in [-0.3, -0.25) is 9.59 Å². The zero-order valence-corrected chi connectivity index (χ0v) is 9.20. The Morgan fingerprint density at radius 3 is 1.31 bits per heavy atom. The molecule has 4 heteroatoms. The van der Waals surface area contributed by atoms with Crippen molar-refractivity contribution in [2.45, 2.75) is 42.5 Å². The zero-order valence-electron chi connectivity index (χ0n) is 9.20. The Kier molecular flexibility index (Phi) is 13.3. The van der Waals surface area contributed by atoms with Crippen LogP contribution in [0.5, 0.6) is 0 Å². The first-order valence-electron chi connectivity index (χ1n) is 4.87. The number of rotatable bonds is 5. The fourth-order valence-corrected chi connectivity index (χ4v) is 0.956. The Labute approximate surface area is 99.3 Å². The molecule has 0 aliphatic heterocycles. The van der Waals surface area contributed by atoms with E-state index in [1.54, 1.807) is 27.7 Å². The molecule has 0 saturated heterocycles. The summed E-state index contributed by atoms with van der Waals surface area (Å²) in [6.07, 6.45) is 0. The third-order valence-corrected chi connectivity index (χ3v) is 2.07. The summed E-state index contributed by atoms with van der Waals surface area (Å²) in [5.41, 5.74) is 0. The van der Waals surface area contributed by atoms with Crippen molar-refractivity contribution in [2.24, 2.45) is 11.8 Å². The summed E-state index contributed by atoms with van der Waals surface area (Å²) in [6, 6.07) is 0. The van der Waals surface area contributed by atoms with Crippen LogP contribution in [0, 0.1) is 11.8 Å². The summed E-state index contributed by atoms with van der Waals surface area (Å²) >= 11 is 0. The van der Waals surface area contributed by atoms with Gasteiger partial charge in [0.05, 0.1) is 25.0 Å². The highest BCUT2D eigenvalue weighted by molar-refractivity contribution is 5.81. The molecule has 0 radical (unpaired) electrons. The molecule has 98 valence electrons. The molecule has 0 bridgehead atoms. The second-order valence-electron chi connectivity index (χ2n) is 3.08. The van der Waals surface area contributed by atoms with Gasteiger partial charge >= 0.3 is 11.9 Å². The lowest BCUT2D eigenvalue weighted by Gasteiger charge is -2.16. The molecule has 0 saturated carbocycles. The van der Waals surface area contributed by atoms with Crippen molar-refractivity contribution in [1.82, 2.24) is 0 Å². The minimum Gasteiger partial charge on any atom is -0.466 e. The van der Waals surface area contributed by atoms with Gasteiger partial charge in [-0.2, -0.15) is 0 Å². The van der Waals surface area contributed by atoms with Gasteiger partial charge in [-0.15, -0.1) is 0 Å². The molecule has 0 rings (SSSR count). The van der Waals surface area contributed by atoms with E-state index < -0.39 is 11.8 Å². The van der Waals surface area contributed by atoms with E-state index in [-0.39, 0.29) is 26.8 Å². The van der Waals surface area contributed by atoms with Gasteiger partial charge in [-0.05, 0) is 13.8 Å². The van der Waals surface area contributed by atoms with E-state index in [4.69, 9.17) is 9.47 Å². The monoisotopic (exact) mass is 234 g/mol. The van der Waals surface area contributed by atoms with E-state index >= 15 is 0 Å². The van der Waals surface area contributed by atoms with Gasteiger partial charge in [0.25, 0.3) is 0 Å². The maximum Gasteiger partial charge on any atom is 0.309 e. The molecule has 0 spiro atoms. The van der Waals surface area contributed by atoms with E-state index in [9.17, 15) is 9.59 Å². The molecular weight excluding hydrogens is 208 g/mol. The Hall–Kier alpha value is -1.06. The predicted octanol–water partition coefficient (Wildman–Crippen LogP) is 2.66. The van der Waals surface area contributed by atoms with Crippen molar-refractivity contribution in [3.05, 3.63) is 0 Å². The second-order valence-corrected chi connectivity index (χ2v) is 3.08. The SMILES string of the molecule is C.C.CCOC(=O)C(C)C(C)C(=O)OCC. The number of hydrogen-bond acceptors (Lipinski definition) is 4. The first kappa shape index (κ1) is 20.4. The van der Waals surface area contributed by atoms with Gasteiger partial charge in [0, 0.05) is 0 Å². The molecule has 0 aliphatic rings. The average molecular weight is 234 g/mol. The summed E-state index contributed by atoms with van der Waals surface area (Å²) in [4.78, 5) is 22.5. The predicted molar refractivity (Wildman–Crippen MR) is 65.1 cm³/mol. The van der Waals surface area contributed by atoms with Crippen molar-refractivity contribution in [3.8, 4) is 0 Å². The fraction of sp³-hybridized carbons (Fsp3) is 0.833. The molecule has 0 N–H and O–H groups in total. The third-order valence-electron chi connectivity index (χ3n) is 2.07. The molecule has 0 amide bonds. The topological polar surface area (TPSA) is 52.6 Å². The quantitative estimate of drug-likeness (QED) is 0.686. The van der Waals surface area contributed by atoms with E-state index in [2.05, 4.69) is 0 Å². The molecule has 0 fully saturated rings. The minimum absolute atomic E-state index is 0. The average Bonchev–Trinajstić information content (AvgIpc) is 2.16. The molecule has 0 aromatic heterocycles. The zero-order chi connectivity index (χ0) is 11.1. The largest absolute Gasteiger partial charge is 0.466 e. The number of esters is 2. The molecular formula is C12H26O4. The van der Waals surface area contributed by atoms with Crippen molar-refractivity contribution in [2.75, 3.05) is 13.2 Å². The maximum absolute atomic E-state index is 11.3. The number of hydrogen-bond donors (Lipinski definition) is 0. The minimum atomic E-state index is -0.450. The van der Waals surface area contributed by atoms with Crippen LogP contribution in [-0.4, -0.2) is 25.2 Å². The lowest BCUT2D eigenvalue weighted by molar-refractivity contribution is -0.158. The van der Waals surface area contributed by atoms with Crippen molar-refractivity contribution < 1.29 is 19.1 Å².